The van der Waals surface area contributed by atoms with Gasteiger partial charge in [0.2, 0.25) is 0 Å². The normalized spacial score (nSPS) is 12.2. The first-order chi connectivity index (χ1) is 9.54. The quantitative estimate of drug-likeness (QED) is 0.873. The van der Waals surface area contributed by atoms with E-state index in [4.69, 9.17) is 17.3 Å². The number of para-hydroxylation sites is 1. The molecule has 0 amide bonds. The maximum Gasteiger partial charge on any atom is 0.0646 e. The second kappa shape index (κ2) is 6.29. The van der Waals surface area contributed by atoms with Crippen LogP contribution in [-0.2, 0) is 0 Å². The van der Waals surface area contributed by atoms with Crippen molar-refractivity contribution in [3.05, 3.63) is 58.6 Å². The predicted molar refractivity (Wildman–Crippen MR) is 87.9 cm³/mol. The number of benzene rings is 2. The molecule has 0 aliphatic heterocycles. The van der Waals surface area contributed by atoms with Crippen molar-refractivity contribution in [3.63, 3.8) is 0 Å². The van der Waals surface area contributed by atoms with Gasteiger partial charge in [-0.15, -0.1) is 0 Å². The summed E-state index contributed by atoms with van der Waals surface area (Å²) < 4.78 is 0. The van der Waals surface area contributed by atoms with Crippen molar-refractivity contribution in [1.29, 1.82) is 0 Å². The second-order valence-electron chi connectivity index (χ2n) is 5.03. The molecule has 0 spiro atoms. The molecule has 0 unspecified atom stereocenters. The van der Waals surface area contributed by atoms with Crippen LogP contribution >= 0.6 is 11.6 Å². The molecule has 0 aromatic heterocycles. The van der Waals surface area contributed by atoms with Crippen molar-refractivity contribution >= 4 is 23.0 Å². The topological polar surface area (TPSA) is 29.3 Å². The number of aryl methyl sites for hydroxylation is 1. The SMILES string of the molecule is CCN(c1ccccc1C)c1ccc([C@@H](C)N)cc1Cl. The van der Waals surface area contributed by atoms with Gasteiger partial charge in [0.15, 0.2) is 0 Å². The third-order valence-electron chi connectivity index (χ3n) is 3.51. The summed E-state index contributed by atoms with van der Waals surface area (Å²) in [6.45, 7) is 7.07. The van der Waals surface area contributed by atoms with Gasteiger partial charge in [0.1, 0.15) is 0 Å². The Morgan fingerprint density at radius 2 is 1.85 bits per heavy atom. The van der Waals surface area contributed by atoms with E-state index in [9.17, 15) is 0 Å². The van der Waals surface area contributed by atoms with Crippen LogP contribution in [0.4, 0.5) is 11.4 Å². The fourth-order valence-corrected chi connectivity index (χ4v) is 2.65. The lowest BCUT2D eigenvalue weighted by Gasteiger charge is -2.26. The van der Waals surface area contributed by atoms with Crippen molar-refractivity contribution < 1.29 is 0 Å². The Kier molecular flexibility index (Phi) is 4.69. The van der Waals surface area contributed by atoms with Crippen LogP contribution in [0, 0.1) is 6.92 Å². The van der Waals surface area contributed by atoms with E-state index in [1.165, 1.54) is 11.3 Å². The summed E-state index contributed by atoms with van der Waals surface area (Å²) in [5, 5.41) is 0.741. The van der Waals surface area contributed by atoms with Gasteiger partial charge in [-0.2, -0.15) is 0 Å². The smallest absolute Gasteiger partial charge is 0.0646 e. The summed E-state index contributed by atoms with van der Waals surface area (Å²) in [4.78, 5) is 2.22. The zero-order valence-corrected chi connectivity index (χ0v) is 13.0. The molecular formula is C17H21ClN2. The van der Waals surface area contributed by atoms with Gasteiger partial charge < -0.3 is 10.6 Å². The summed E-state index contributed by atoms with van der Waals surface area (Å²) in [6, 6.07) is 14.4. The molecule has 2 N–H and O–H groups in total. The molecule has 20 heavy (non-hydrogen) atoms. The molecule has 0 saturated heterocycles. The molecule has 2 nitrogen and oxygen atoms in total. The Hall–Kier alpha value is -1.51. The highest BCUT2D eigenvalue weighted by molar-refractivity contribution is 6.33. The van der Waals surface area contributed by atoms with Crippen LogP contribution in [0.5, 0.6) is 0 Å². The van der Waals surface area contributed by atoms with Crippen LogP contribution in [0.25, 0.3) is 0 Å². The molecule has 2 aromatic rings. The Bertz CT molecular complexity index is 593. The molecule has 0 aliphatic carbocycles. The molecule has 2 rings (SSSR count). The summed E-state index contributed by atoms with van der Waals surface area (Å²) in [7, 11) is 0. The van der Waals surface area contributed by atoms with Gasteiger partial charge in [0.25, 0.3) is 0 Å². The maximum atomic E-state index is 6.45. The number of anilines is 2. The number of rotatable bonds is 4. The first-order valence-electron chi connectivity index (χ1n) is 6.92. The van der Waals surface area contributed by atoms with Gasteiger partial charge in [0.05, 0.1) is 10.7 Å². The average molecular weight is 289 g/mol. The van der Waals surface area contributed by atoms with E-state index in [-0.39, 0.29) is 6.04 Å². The largest absolute Gasteiger partial charge is 0.340 e. The first kappa shape index (κ1) is 14.9. The number of halogens is 1. The lowest BCUT2D eigenvalue weighted by Crippen LogP contribution is -2.17. The second-order valence-corrected chi connectivity index (χ2v) is 5.44. The molecule has 2 aromatic carbocycles. The molecule has 0 radical (unpaired) electrons. The molecule has 0 saturated carbocycles. The highest BCUT2D eigenvalue weighted by Gasteiger charge is 2.13. The van der Waals surface area contributed by atoms with E-state index in [2.05, 4.69) is 43.0 Å². The van der Waals surface area contributed by atoms with Crippen LogP contribution in [0.2, 0.25) is 5.02 Å². The fourth-order valence-electron chi connectivity index (χ4n) is 2.36. The lowest BCUT2D eigenvalue weighted by atomic mass is 10.1. The number of hydrogen-bond acceptors (Lipinski definition) is 2. The van der Waals surface area contributed by atoms with E-state index >= 15 is 0 Å². The summed E-state index contributed by atoms with van der Waals surface area (Å²) in [6.07, 6.45) is 0. The monoisotopic (exact) mass is 288 g/mol. The minimum absolute atomic E-state index is 0.00455. The van der Waals surface area contributed by atoms with E-state index in [0.717, 1.165) is 22.8 Å². The van der Waals surface area contributed by atoms with E-state index in [1.54, 1.807) is 0 Å². The number of nitrogens with zero attached hydrogens (tertiary/aromatic N) is 1. The number of hydrogen-bond donors (Lipinski definition) is 1. The van der Waals surface area contributed by atoms with E-state index in [0.29, 0.717) is 0 Å². The van der Waals surface area contributed by atoms with Gasteiger partial charge in [-0.25, -0.2) is 0 Å². The van der Waals surface area contributed by atoms with Gasteiger partial charge in [-0.3, -0.25) is 0 Å². The van der Waals surface area contributed by atoms with Crippen LogP contribution in [0.15, 0.2) is 42.5 Å². The van der Waals surface area contributed by atoms with Gasteiger partial charge >= 0.3 is 0 Å². The van der Waals surface area contributed by atoms with Gasteiger partial charge in [-0.05, 0) is 50.1 Å². The van der Waals surface area contributed by atoms with Gasteiger partial charge in [-0.1, -0.05) is 35.9 Å². The molecule has 106 valence electrons. The fraction of sp³-hybridized carbons (Fsp3) is 0.294. The maximum absolute atomic E-state index is 6.45. The van der Waals surface area contributed by atoms with Gasteiger partial charge in [0, 0.05) is 18.3 Å². The molecule has 1 atom stereocenters. The Balaban J connectivity index is 2.45. The van der Waals surface area contributed by atoms with E-state index in [1.807, 2.05) is 25.1 Å². The molecule has 0 heterocycles. The minimum atomic E-state index is -0.00455. The minimum Gasteiger partial charge on any atom is -0.340 e. The van der Waals surface area contributed by atoms with E-state index < -0.39 is 0 Å². The number of nitrogens with two attached hydrogens (primary N) is 1. The van der Waals surface area contributed by atoms with Crippen molar-refractivity contribution in [1.82, 2.24) is 0 Å². The molecule has 3 heteroatoms. The third kappa shape index (κ3) is 2.97. The molecule has 0 bridgehead atoms. The summed E-state index contributed by atoms with van der Waals surface area (Å²) >= 11 is 6.45. The first-order valence-corrected chi connectivity index (χ1v) is 7.30. The van der Waals surface area contributed by atoms with Crippen LogP contribution in [0.3, 0.4) is 0 Å². The molecular weight excluding hydrogens is 268 g/mol. The predicted octanol–water partition coefficient (Wildman–Crippen LogP) is 4.83. The third-order valence-corrected chi connectivity index (χ3v) is 3.81. The zero-order valence-electron chi connectivity index (χ0n) is 12.2. The van der Waals surface area contributed by atoms with Crippen LogP contribution < -0.4 is 10.6 Å². The molecule has 0 aliphatic rings. The van der Waals surface area contributed by atoms with Crippen molar-refractivity contribution in [3.8, 4) is 0 Å². The van der Waals surface area contributed by atoms with Crippen LogP contribution in [-0.4, -0.2) is 6.54 Å². The van der Waals surface area contributed by atoms with Crippen molar-refractivity contribution in [2.45, 2.75) is 26.8 Å². The van der Waals surface area contributed by atoms with Crippen molar-refractivity contribution in [2.75, 3.05) is 11.4 Å². The standard InChI is InChI=1S/C17H21ClN2/c1-4-20(16-8-6-5-7-12(16)2)17-10-9-14(13(3)19)11-15(17)18/h5-11,13H,4,19H2,1-3H3/t13-/m1/s1. The Labute approximate surface area is 126 Å². The average Bonchev–Trinajstić information content (AvgIpc) is 2.43. The van der Waals surface area contributed by atoms with Crippen LogP contribution in [0.1, 0.15) is 31.0 Å². The van der Waals surface area contributed by atoms with Crippen molar-refractivity contribution in [2.24, 2.45) is 5.73 Å². The highest BCUT2D eigenvalue weighted by Crippen LogP contribution is 2.34. The molecule has 0 fully saturated rings. The lowest BCUT2D eigenvalue weighted by molar-refractivity contribution is 0.818. The Morgan fingerprint density at radius 3 is 2.40 bits per heavy atom. The summed E-state index contributed by atoms with van der Waals surface area (Å²) in [5.41, 5.74) is 10.4. The highest BCUT2D eigenvalue weighted by atomic mass is 35.5. The summed E-state index contributed by atoms with van der Waals surface area (Å²) in [5.74, 6) is 0. The Morgan fingerprint density at radius 1 is 1.15 bits per heavy atom. The zero-order chi connectivity index (χ0) is 14.7.